The van der Waals surface area contributed by atoms with E-state index in [4.69, 9.17) is 0 Å². The van der Waals surface area contributed by atoms with E-state index in [9.17, 15) is 13.2 Å². The quantitative estimate of drug-likeness (QED) is 0.818. The number of amides is 1. The molecule has 0 bridgehead atoms. The standard InChI is InChI=1S/C17H22N4O3S/c1-3-17(22)19-13-4-8-15(9-5-13)25(23,24)21(14-6-7-14)12-16-18-10-11-20(16)2/h4-5,8-11,14H,3,6-7,12H2,1-2H3,(H,19,22). The highest BCUT2D eigenvalue weighted by Gasteiger charge is 2.38. The van der Waals surface area contributed by atoms with E-state index in [2.05, 4.69) is 10.3 Å². The second-order valence-corrected chi connectivity index (χ2v) is 8.05. The number of anilines is 1. The first-order valence-electron chi connectivity index (χ1n) is 8.29. The summed E-state index contributed by atoms with van der Waals surface area (Å²) in [4.78, 5) is 15.9. The normalized spacial score (nSPS) is 14.7. The molecule has 0 saturated heterocycles. The van der Waals surface area contributed by atoms with Gasteiger partial charge in [-0.2, -0.15) is 4.31 Å². The zero-order valence-electron chi connectivity index (χ0n) is 14.3. The second kappa shape index (κ2) is 6.97. The van der Waals surface area contributed by atoms with Gasteiger partial charge in [-0.05, 0) is 37.1 Å². The number of carbonyl (C=O) groups excluding carboxylic acids is 1. The zero-order chi connectivity index (χ0) is 18.0. The lowest BCUT2D eigenvalue weighted by molar-refractivity contribution is -0.115. The van der Waals surface area contributed by atoms with Crippen LogP contribution in [0.4, 0.5) is 5.69 Å². The molecule has 0 spiro atoms. The first-order valence-corrected chi connectivity index (χ1v) is 9.73. The third kappa shape index (κ3) is 3.91. The molecule has 0 radical (unpaired) electrons. The molecule has 1 aliphatic rings. The first kappa shape index (κ1) is 17.6. The number of carbonyl (C=O) groups is 1. The van der Waals surface area contributed by atoms with Crippen LogP contribution < -0.4 is 5.32 Å². The maximum atomic E-state index is 13.0. The van der Waals surface area contributed by atoms with Crippen molar-refractivity contribution in [3.8, 4) is 0 Å². The summed E-state index contributed by atoms with van der Waals surface area (Å²) in [6.45, 7) is 2.02. The van der Waals surface area contributed by atoms with Gasteiger partial charge in [-0.25, -0.2) is 13.4 Å². The molecule has 1 amide bonds. The molecule has 2 aromatic rings. The van der Waals surface area contributed by atoms with Crippen molar-refractivity contribution in [3.63, 3.8) is 0 Å². The van der Waals surface area contributed by atoms with Crippen molar-refractivity contribution in [1.82, 2.24) is 13.9 Å². The highest BCUT2D eigenvalue weighted by Crippen LogP contribution is 2.33. The predicted molar refractivity (Wildman–Crippen MR) is 94.3 cm³/mol. The molecule has 7 nitrogen and oxygen atoms in total. The molecule has 0 unspecified atom stereocenters. The lowest BCUT2D eigenvalue weighted by atomic mass is 10.3. The number of hydrogen-bond acceptors (Lipinski definition) is 4. The summed E-state index contributed by atoms with van der Waals surface area (Å²) in [6.07, 6.45) is 5.58. The minimum Gasteiger partial charge on any atom is -0.337 e. The van der Waals surface area contributed by atoms with Crippen LogP contribution in [0.2, 0.25) is 0 Å². The second-order valence-electron chi connectivity index (χ2n) is 6.16. The van der Waals surface area contributed by atoms with E-state index in [1.807, 2.05) is 11.6 Å². The fraction of sp³-hybridized carbons (Fsp3) is 0.412. The van der Waals surface area contributed by atoms with E-state index in [-0.39, 0.29) is 23.4 Å². The topological polar surface area (TPSA) is 84.3 Å². The molecule has 1 aromatic heterocycles. The lowest BCUT2D eigenvalue weighted by Crippen LogP contribution is -2.33. The minimum absolute atomic E-state index is 0.0289. The predicted octanol–water partition coefficient (Wildman–Crippen LogP) is 2.12. The highest BCUT2D eigenvalue weighted by atomic mass is 32.2. The van der Waals surface area contributed by atoms with Gasteiger partial charge >= 0.3 is 0 Å². The van der Waals surface area contributed by atoms with Gasteiger partial charge in [-0.1, -0.05) is 6.92 Å². The number of nitrogens with one attached hydrogen (secondary N) is 1. The average molecular weight is 362 g/mol. The largest absolute Gasteiger partial charge is 0.337 e. The van der Waals surface area contributed by atoms with Crippen molar-refractivity contribution in [1.29, 1.82) is 0 Å². The van der Waals surface area contributed by atoms with Crippen LogP contribution in [0, 0.1) is 0 Å². The number of rotatable bonds is 7. The number of hydrogen-bond donors (Lipinski definition) is 1. The molecule has 134 valence electrons. The Morgan fingerprint density at radius 3 is 2.52 bits per heavy atom. The smallest absolute Gasteiger partial charge is 0.243 e. The fourth-order valence-corrected chi connectivity index (χ4v) is 4.20. The van der Waals surface area contributed by atoms with Crippen molar-refractivity contribution in [2.45, 2.75) is 43.7 Å². The van der Waals surface area contributed by atoms with Crippen LogP contribution in [-0.2, 0) is 28.4 Å². The van der Waals surface area contributed by atoms with Crippen LogP contribution in [0.5, 0.6) is 0 Å². The molecule has 0 atom stereocenters. The Morgan fingerprint density at radius 2 is 2.00 bits per heavy atom. The monoisotopic (exact) mass is 362 g/mol. The summed E-state index contributed by atoms with van der Waals surface area (Å²) in [6, 6.07) is 6.34. The number of imidazole rings is 1. The molecule has 25 heavy (non-hydrogen) atoms. The van der Waals surface area contributed by atoms with Gasteiger partial charge in [0.25, 0.3) is 0 Å². The van der Waals surface area contributed by atoms with Crippen molar-refractivity contribution >= 4 is 21.6 Å². The Balaban J connectivity index is 1.83. The number of sulfonamides is 1. The van der Waals surface area contributed by atoms with Crippen LogP contribution in [0.15, 0.2) is 41.6 Å². The summed E-state index contributed by atoms with van der Waals surface area (Å²) in [5, 5.41) is 2.72. The third-order valence-corrected chi connectivity index (χ3v) is 6.15. The van der Waals surface area contributed by atoms with E-state index in [1.54, 1.807) is 31.5 Å². The van der Waals surface area contributed by atoms with Gasteiger partial charge < -0.3 is 9.88 Å². The Labute approximate surface area is 147 Å². The fourth-order valence-electron chi connectivity index (χ4n) is 2.56. The summed E-state index contributed by atoms with van der Waals surface area (Å²) in [5.41, 5.74) is 0.591. The van der Waals surface area contributed by atoms with Crippen LogP contribution in [-0.4, -0.2) is 34.2 Å². The van der Waals surface area contributed by atoms with E-state index >= 15 is 0 Å². The molecule has 1 heterocycles. The zero-order valence-corrected chi connectivity index (χ0v) is 15.2. The van der Waals surface area contributed by atoms with Crippen molar-refractivity contribution < 1.29 is 13.2 Å². The molecule has 1 fully saturated rings. The first-order chi connectivity index (χ1) is 11.9. The molecule has 1 aromatic carbocycles. The van der Waals surface area contributed by atoms with E-state index in [0.29, 0.717) is 17.9 Å². The Morgan fingerprint density at radius 1 is 1.32 bits per heavy atom. The van der Waals surface area contributed by atoms with Crippen LogP contribution in [0.1, 0.15) is 32.0 Å². The Hall–Kier alpha value is -2.19. The van der Waals surface area contributed by atoms with Gasteiger partial charge in [-0.15, -0.1) is 0 Å². The molecule has 8 heteroatoms. The molecule has 1 aliphatic carbocycles. The molecule has 0 aliphatic heterocycles. The lowest BCUT2D eigenvalue weighted by Gasteiger charge is -2.21. The van der Waals surface area contributed by atoms with E-state index in [0.717, 1.165) is 12.8 Å². The van der Waals surface area contributed by atoms with E-state index in [1.165, 1.54) is 16.4 Å². The maximum Gasteiger partial charge on any atom is 0.243 e. The van der Waals surface area contributed by atoms with Gasteiger partial charge in [0, 0.05) is 37.6 Å². The summed E-state index contributed by atoms with van der Waals surface area (Å²) in [5.74, 6) is 0.604. The number of aryl methyl sites for hydroxylation is 1. The molecule has 1 N–H and O–H groups in total. The molecule has 1 saturated carbocycles. The minimum atomic E-state index is -3.61. The maximum absolute atomic E-state index is 13.0. The van der Waals surface area contributed by atoms with Gasteiger partial charge in [0.15, 0.2) is 0 Å². The van der Waals surface area contributed by atoms with Gasteiger partial charge in [0.1, 0.15) is 5.82 Å². The number of aromatic nitrogens is 2. The number of nitrogens with zero attached hydrogens (tertiary/aromatic N) is 3. The third-order valence-electron chi connectivity index (χ3n) is 4.24. The SMILES string of the molecule is CCC(=O)Nc1ccc(S(=O)(=O)N(Cc2nccn2C)C2CC2)cc1. The summed E-state index contributed by atoms with van der Waals surface area (Å²) < 4.78 is 29.4. The summed E-state index contributed by atoms with van der Waals surface area (Å²) >= 11 is 0. The molecular weight excluding hydrogens is 340 g/mol. The van der Waals surface area contributed by atoms with Gasteiger partial charge in [-0.3, -0.25) is 4.79 Å². The molecule has 3 rings (SSSR count). The number of benzene rings is 1. The van der Waals surface area contributed by atoms with Crippen LogP contribution in [0.3, 0.4) is 0 Å². The van der Waals surface area contributed by atoms with Crippen molar-refractivity contribution in [2.75, 3.05) is 5.32 Å². The summed E-state index contributed by atoms with van der Waals surface area (Å²) in [7, 11) is -1.76. The van der Waals surface area contributed by atoms with E-state index < -0.39 is 10.0 Å². The molecular formula is C17H22N4O3S. The van der Waals surface area contributed by atoms with Crippen LogP contribution >= 0.6 is 0 Å². The Bertz CT molecular complexity index is 854. The highest BCUT2D eigenvalue weighted by molar-refractivity contribution is 7.89. The van der Waals surface area contributed by atoms with Crippen LogP contribution in [0.25, 0.3) is 0 Å². The van der Waals surface area contributed by atoms with Gasteiger partial charge in [0.2, 0.25) is 15.9 Å². The Kier molecular flexibility index (Phi) is 4.91. The van der Waals surface area contributed by atoms with Crippen molar-refractivity contribution in [3.05, 3.63) is 42.5 Å². The average Bonchev–Trinajstić information content (AvgIpc) is 3.35. The van der Waals surface area contributed by atoms with Gasteiger partial charge in [0.05, 0.1) is 11.4 Å². The van der Waals surface area contributed by atoms with Crippen molar-refractivity contribution in [2.24, 2.45) is 7.05 Å².